The minimum atomic E-state index is -4.38. The maximum absolute atomic E-state index is 15.2. The fourth-order valence-corrected chi connectivity index (χ4v) is 14.5. The quantitative estimate of drug-likeness (QED) is 0.0732. The monoisotopic (exact) mass is 910 g/mol. The zero-order chi connectivity index (χ0) is 43.8. The summed E-state index contributed by atoms with van der Waals surface area (Å²) in [6.07, 6.45) is 1.78. The van der Waals surface area contributed by atoms with E-state index in [2.05, 4.69) is 0 Å². The van der Waals surface area contributed by atoms with Gasteiger partial charge in [-0.2, -0.15) is 0 Å². The van der Waals surface area contributed by atoms with Crippen molar-refractivity contribution in [2.24, 2.45) is 5.41 Å². The first-order valence-corrected chi connectivity index (χ1v) is 24.6. The zero-order valence-corrected chi connectivity index (χ0v) is 38.7. The van der Waals surface area contributed by atoms with Crippen molar-refractivity contribution in [1.29, 1.82) is 0 Å². The molecule has 1 fully saturated rings. The van der Waals surface area contributed by atoms with Gasteiger partial charge in [-0.1, -0.05) is 85.1 Å². The summed E-state index contributed by atoms with van der Waals surface area (Å²) in [5, 5.41) is 0. The number of nitrogens with zero attached hydrogens (tertiary/aromatic N) is 2. The molecule has 1 aliphatic carbocycles. The summed E-state index contributed by atoms with van der Waals surface area (Å²) in [6, 6.07) is 33.3. The smallest absolute Gasteiger partial charge is 0.399 e. The van der Waals surface area contributed by atoms with Crippen molar-refractivity contribution in [3.8, 4) is 34.5 Å². The Kier molecular flexibility index (Phi) is 15.2. The number of hydrogen-bond acceptors (Lipinski definition) is 11. The Morgan fingerprint density at radius 2 is 0.967 bits per heavy atom. The molecule has 0 heterocycles. The molecule has 13 nitrogen and oxygen atoms in total. The fourth-order valence-electron chi connectivity index (χ4n) is 7.10. The molecule has 17 heteroatoms. The first-order valence-electron chi connectivity index (χ1n) is 19.5. The lowest BCUT2D eigenvalue weighted by Gasteiger charge is -2.45. The molecule has 0 radical (unpaired) electrons. The van der Waals surface area contributed by atoms with Crippen molar-refractivity contribution in [3.05, 3.63) is 132 Å². The summed E-state index contributed by atoms with van der Waals surface area (Å²) in [5.41, 5.74) is 0.924. The van der Waals surface area contributed by atoms with E-state index in [0.29, 0.717) is 42.3 Å². The molecular formula is C44H52N2O11P2S2. The maximum Gasteiger partial charge on any atom is 0.399 e. The Hall–Kier alpha value is -4.46. The van der Waals surface area contributed by atoms with Gasteiger partial charge in [-0.25, -0.2) is 16.8 Å². The number of aryl methyl sites for hydroxylation is 2. The molecule has 0 N–H and O–H groups in total. The van der Waals surface area contributed by atoms with E-state index < -0.39 is 48.6 Å². The van der Waals surface area contributed by atoms with E-state index in [1.165, 1.54) is 36.6 Å². The van der Waals surface area contributed by atoms with E-state index in [1.54, 1.807) is 121 Å². The maximum atomic E-state index is 15.2. The van der Waals surface area contributed by atoms with Crippen LogP contribution in [0.25, 0.3) is 0 Å². The van der Waals surface area contributed by atoms with Crippen LogP contribution < -0.4 is 27.8 Å². The summed E-state index contributed by atoms with van der Waals surface area (Å²) in [7, 11) is -7.60. The Morgan fingerprint density at radius 1 is 0.574 bits per heavy atom. The van der Waals surface area contributed by atoms with Gasteiger partial charge in [-0.3, -0.25) is 0 Å². The molecule has 1 saturated carbocycles. The molecule has 0 amide bonds. The van der Waals surface area contributed by atoms with Gasteiger partial charge in [0, 0.05) is 19.7 Å². The Bertz CT molecular complexity index is 2410. The third-order valence-corrected chi connectivity index (χ3v) is 18.1. The molecule has 6 rings (SSSR count). The summed E-state index contributed by atoms with van der Waals surface area (Å²) in [4.78, 5) is 0.103. The van der Waals surface area contributed by atoms with Crippen LogP contribution in [0.2, 0.25) is 0 Å². The predicted molar refractivity (Wildman–Crippen MR) is 237 cm³/mol. The predicted octanol–water partition coefficient (Wildman–Crippen LogP) is 10.3. The van der Waals surface area contributed by atoms with Crippen LogP contribution in [-0.4, -0.2) is 66.0 Å². The normalized spacial score (nSPS) is 17.5. The molecule has 1 aliphatic rings. The molecule has 0 saturated heterocycles. The second kappa shape index (κ2) is 20.2. The molecule has 61 heavy (non-hydrogen) atoms. The number of ether oxygens (including phenoxy) is 3. The van der Waals surface area contributed by atoms with Gasteiger partial charge in [0.05, 0.1) is 31.1 Å². The molecule has 0 spiro atoms. The van der Waals surface area contributed by atoms with Crippen LogP contribution >= 0.6 is 17.1 Å². The number of para-hydroxylation sites is 6. The van der Waals surface area contributed by atoms with Crippen molar-refractivity contribution < 1.29 is 49.1 Å². The molecule has 0 aromatic heterocycles. The summed E-state index contributed by atoms with van der Waals surface area (Å²) in [5.74, 6) is 1.98. The lowest BCUT2D eigenvalue weighted by molar-refractivity contribution is 0.140. The Morgan fingerprint density at radius 3 is 1.38 bits per heavy atom. The number of sulfonamides is 2. The second-order valence-corrected chi connectivity index (χ2v) is 21.8. The van der Waals surface area contributed by atoms with Gasteiger partial charge >= 0.3 is 17.1 Å². The molecule has 5 aromatic carbocycles. The number of methoxy groups -OCH3 is 3. The van der Waals surface area contributed by atoms with Crippen LogP contribution in [0.5, 0.6) is 34.5 Å². The minimum Gasteiger partial charge on any atom is -0.493 e. The average molecular weight is 911 g/mol. The second-order valence-electron chi connectivity index (χ2n) is 14.8. The van der Waals surface area contributed by atoms with E-state index in [9.17, 15) is 8.42 Å². The van der Waals surface area contributed by atoms with Crippen molar-refractivity contribution in [2.75, 3.05) is 35.0 Å². The molecule has 3 atom stereocenters. The SMILES string of the molecule is COc1ccccc1OP(Oc1ccccc1OC)N(CC1(C)CCCC(N(P(OC)Oc2ccccc2OC)S(=O)(=O)c2ccc(C)cc2)C1)S(=O)(=O)c1ccc(C)cc1. The number of rotatable bonds is 19. The Labute approximate surface area is 362 Å². The van der Waals surface area contributed by atoms with E-state index >= 15 is 8.42 Å². The molecule has 0 bridgehead atoms. The van der Waals surface area contributed by atoms with Crippen LogP contribution in [0.4, 0.5) is 0 Å². The summed E-state index contributed by atoms with van der Waals surface area (Å²) in [6.45, 7) is 5.60. The third kappa shape index (κ3) is 10.8. The highest BCUT2D eigenvalue weighted by Gasteiger charge is 2.49. The van der Waals surface area contributed by atoms with Gasteiger partial charge in [0.1, 0.15) is 0 Å². The number of hydrogen-bond donors (Lipinski definition) is 0. The standard InChI is InChI=1S/C44H52N2O11P2S2/c1-33-22-26-36(27-23-33)60(47,48)45(58(55-41-19-11-8-16-38(41)51-4)56-42-20-12-9-17-39(42)52-5)32-44(3)30-14-15-35(31-44)46(61(49,50)37-28-24-34(2)25-29-37)59(54-7)57-43-21-13-10-18-40(43)53-6/h8-13,16-29,35H,14-15,30-32H2,1-7H3. The van der Waals surface area contributed by atoms with E-state index in [1.807, 2.05) is 20.8 Å². The van der Waals surface area contributed by atoms with Crippen LogP contribution in [-0.2, 0) is 24.6 Å². The van der Waals surface area contributed by atoms with Crippen molar-refractivity contribution in [2.45, 2.75) is 62.3 Å². The largest absolute Gasteiger partial charge is 0.493 e. The van der Waals surface area contributed by atoms with Crippen LogP contribution in [0, 0.1) is 19.3 Å². The van der Waals surface area contributed by atoms with E-state index in [4.69, 9.17) is 32.3 Å². The van der Waals surface area contributed by atoms with Gasteiger partial charge in [-0.15, -0.1) is 8.15 Å². The van der Waals surface area contributed by atoms with Crippen molar-refractivity contribution in [3.63, 3.8) is 0 Å². The first-order chi connectivity index (χ1) is 29.2. The highest BCUT2D eigenvalue weighted by Crippen LogP contribution is 2.56. The van der Waals surface area contributed by atoms with Crippen LogP contribution in [0.15, 0.2) is 131 Å². The highest BCUT2D eigenvalue weighted by atomic mass is 32.2. The highest BCUT2D eigenvalue weighted by molar-refractivity contribution is 7.94. The van der Waals surface area contributed by atoms with Gasteiger partial charge in [0.15, 0.2) is 34.5 Å². The fraction of sp³-hybridized carbons (Fsp3) is 0.318. The van der Waals surface area contributed by atoms with E-state index in [-0.39, 0.29) is 34.3 Å². The van der Waals surface area contributed by atoms with Gasteiger partial charge in [0.25, 0.3) is 20.0 Å². The van der Waals surface area contributed by atoms with Crippen LogP contribution in [0.1, 0.15) is 43.7 Å². The zero-order valence-electron chi connectivity index (χ0n) is 35.3. The van der Waals surface area contributed by atoms with E-state index in [0.717, 1.165) is 11.1 Å². The van der Waals surface area contributed by atoms with Crippen molar-refractivity contribution >= 4 is 37.1 Å². The molecule has 326 valence electrons. The molecule has 5 aromatic rings. The third-order valence-electron chi connectivity index (χ3n) is 10.3. The summed E-state index contributed by atoms with van der Waals surface area (Å²) >= 11 is 0. The van der Waals surface area contributed by atoms with Gasteiger partial charge in [0.2, 0.25) is 0 Å². The summed E-state index contributed by atoms with van der Waals surface area (Å²) < 4.78 is 105. The topological polar surface area (TPSA) is 139 Å². The van der Waals surface area contributed by atoms with Crippen LogP contribution in [0.3, 0.4) is 0 Å². The average Bonchev–Trinajstić information content (AvgIpc) is 3.26. The number of benzene rings is 5. The lowest BCUT2D eigenvalue weighted by Crippen LogP contribution is -2.47. The van der Waals surface area contributed by atoms with Gasteiger partial charge < -0.3 is 32.3 Å². The molecular weight excluding hydrogens is 859 g/mol. The van der Waals surface area contributed by atoms with Gasteiger partial charge in [-0.05, 0) is 99.2 Å². The molecule has 3 unspecified atom stereocenters. The minimum absolute atomic E-state index is 0.0329. The molecule has 0 aliphatic heterocycles. The van der Waals surface area contributed by atoms with Crippen molar-refractivity contribution in [1.82, 2.24) is 8.15 Å². The lowest BCUT2D eigenvalue weighted by atomic mass is 9.74. The Balaban J connectivity index is 1.46. The first kappa shape index (κ1) is 46.1.